The molecule has 7 nitrogen and oxygen atoms in total. The van der Waals surface area contributed by atoms with E-state index in [9.17, 15) is 19.7 Å². The Morgan fingerprint density at radius 2 is 1.96 bits per heavy atom. The van der Waals surface area contributed by atoms with Crippen molar-refractivity contribution in [3.8, 4) is 0 Å². The van der Waals surface area contributed by atoms with Crippen LogP contribution in [0.4, 0.5) is 10.7 Å². The second kappa shape index (κ2) is 7.32. The maximum absolute atomic E-state index is 12.6. The van der Waals surface area contributed by atoms with Gasteiger partial charge >= 0.3 is 5.00 Å². The second-order valence-electron chi connectivity index (χ2n) is 5.55. The van der Waals surface area contributed by atoms with Gasteiger partial charge in [0.1, 0.15) is 6.04 Å². The van der Waals surface area contributed by atoms with Gasteiger partial charge in [-0.3, -0.25) is 19.7 Å². The molecule has 25 heavy (non-hydrogen) atoms. The highest BCUT2D eigenvalue weighted by Gasteiger charge is 2.35. The first-order valence-corrected chi connectivity index (χ1v) is 9.18. The van der Waals surface area contributed by atoms with Crippen molar-refractivity contribution in [2.24, 2.45) is 0 Å². The van der Waals surface area contributed by atoms with Crippen LogP contribution in [-0.4, -0.2) is 34.2 Å². The predicted molar refractivity (Wildman–Crippen MR) is 97.8 cm³/mol. The Bertz CT molecular complexity index is 821. The molecule has 9 heteroatoms. The van der Waals surface area contributed by atoms with Crippen LogP contribution in [0, 0.1) is 10.1 Å². The molecule has 1 aliphatic rings. The lowest BCUT2D eigenvalue weighted by atomic mass is 10.2. The topological polar surface area (TPSA) is 92.6 Å². The first kappa shape index (κ1) is 17.6. The van der Waals surface area contributed by atoms with Gasteiger partial charge < -0.3 is 10.2 Å². The van der Waals surface area contributed by atoms with E-state index in [2.05, 4.69) is 21.2 Å². The lowest BCUT2D eigenvalue weighted by Gasteiger charge is -2.23. The second-order valence-corrected chi connectivity index (χ2v) is 7.53. The van der Waals surface area contributed by atoms with E-state index in [1.807, 2.05) is 12.1 Å². The smallest absolute Gasteiger partial charge is 0.324 e. The van der Waals surface area contributed by atoms with Crippen LogP contribution >= 0.6 is 27.3 Å². The summed E-state index contributed by atoms with van der Waals surface area (Å²) in [6.07, 6.45) is 1.29. The first-order valence-electron chi connectivity index (χ1n) is 7.57. The Morgan fingerprint density at radius 1 is 1.24 bits per heavy atom. The van der Waals surface area contributed by atoms with Crippen molar-refractivity contribution < 1.29 is 14.5 Å². The number of rotatable bonds is 4. The molecule has 0 bridgehead atoms. The van der Waals surface area contributed by atoms with Crippen molar-refractivity contribution in [3.05, 3.63) is 55.9 Å². The number of nitro groups is 1. The molecule has 0 saturated carbocycles. The number of amides is 2. The summed E-state index contributed by atoms with van der Waals surface area (Å²) in [5.74, 6) is -0.592. The van der Waals surface area contributed by atoms with E-state index >= 15 is 0 Å². The van der Waals surface area contributed by atoms with Crippen molar-refractivity contribution in [1.82, 2.24) is 4.90 Å². The molecule has 2 amide bonds. The highest BCUT2D eigenvalue weighted by Crippen LogP contribution is 2.28. The third kappa shape index (κ3) is 3.88. The van der Waals surface area contributed by atoms with Gasteiger partial charge in [0.05, 0.1) is 9.80 Å². The van der Waals surface area contributed by atoms with E-state index in [4.69, 9.17) is 0 Å². The van der Waals surface area contributed by atoms with E-state index < -0.39 is 11.0 Å². The van der Waals surface area contributed by atoms with Crippen molar-refractivity contribution in [2.45, 2.75) is 18.9 Å². The molecule has 1 unspecified atom stereocenters. The summed E-state index contributed by atoms with van der Waals surface area (Å²) in [5, 5.41) is 13.5. The molecule has 1 aromatic carbocycles. The number of benzene rings is 1. The van der Waals surface area contributed by atoms with Crippen molar-refractivity contribution >= 4 is 49.8 Å². The minimum absolute atomic E-state index is 0.0848. The van der Waals surface area contributed by atoms with Crippen molar-refractivity contribution in [1.29, 1.82) is 0 Å². The Hall–Kier alpha value is -2.26. The molecule has 2 aromatic rings. The van der Waals surface area contributed by atoms with E-state index in [0.717, 1.165) is 22.2 Å². The van der Waals surface area contributed by atoms with Crippen LogP contribution in [0.5, 0.6) is 0 Å². The van der Waals surface area contributed by atoms with Crippen LogP contribution in [0.2, 0.25) is 0 Å². The molecule has 0 aliphatic carbocycles. The highest BCUT2D eigenvalue weighted by molar-refractivity contribution is 9.10. The highest BCUT2D eigenvalue weighted by atomic mass is 79.9. The van der Waals surface area contributed by atoms with Gasteiger partial charge in [0.25, 0.3) is 5.91 Å². The number of hydrogen-bond donors (Lipinski definition) is 1. The van der Waals surface area contributed by atoms with Gasteiger partial charge in [0.2, 0.25) is 5.91 Å². The van der Waals surface area contributed by atoms with Gasteiger partial charge in [-0.1, -0.05) is 27.3 Å². The minimum atomic E-state index is -0.572. The summed E-state index contributed by atoms with van der Waals surface area (Å²) in [6, 6.07) is 9.35. The molecule has 1 atom stereocenters. The molecule has 2 heterocycles. The van der Waals surface area contributed by atoms with E-state index in [0.29, 0.717) is 18.7 Å². The molecule has 3 rings (SSSR count). The van der Waals surface area contributed by atoms with Crippen LogP contribution in [0.15, 0.2) is 40.9 Å². The zero-order valence-electron chi connectivity index (χ0n) is 13.0. The molecule has 1 N–H and O–H groups in total. The molecule has 130 valence electrons. The van der Waals surface area contributed by atoms with E-state index in [1.54, 1.807) is 12.1 Å². The van der Waals surface area contributed by atoms with Gasteiger partial charge in [0, 0.05) is 22.8 Å². The van der Waals surface area contributed by atoms with E-state index in [-0.39, 0.29) is 21.7 Å². The molecule has 0 spiro atoms. The predicted octanol–water partition coefficient (Wildman–Crippen LogP) is 3.66. The fourth-order valence-electron chi connectivity index (χ4n) is 2.72. The van der Waals surface area contributed by atoms with Crippen LogP contribution in [0.1, 0.15) is 22.5 Å². The zero-order chi connectivity index (χ0) is 18.0. The van der Waals surface area contributed by atoms with Crippen LogP contribution < -0.4 is 5.32 Å². The summed E-state index contributed by atoms with van der Waals surface area (Å²) in [7, 11) is 0. The number of carbonyl (C=O) groups is 2. The Morgan fingerprint density at radius 3 is 2.60 bits per heavy atom. The van der Waals surface area contributed by atoms with Crippen LogP contribution in [0.25, 0.3) is 0 Å². The average Bonchev–Trinajstić information content (AvgIpc) is 3.26. The molecule has 1 aliphatic heterocycles. The monoisotopic (exact) mass is 423 g/mol. The summed E-state index contributed by atoms with van der Waals surface area (Å²) < 4.78 is 0.905. The molecule has 0 radical (unpaired) electrons. The Labute approximate surface area is 155 Å². The van der Waals surface area contributed by atoms with Crippen LogP contribution in [0.3, 0.4) is 0 Å². The van der Waals surface area contributed by atoms with Crippen LogP contribution in [-0.2, 0) is 4.79 Å². The number of thiophene rings is 1. The summed E-state index contributed by atoms with van der Waals surface area (Å²) in [5.41, 5.74) is 0.652. The number of hydrogen-bond acceptors (Lipinski definition) is 5. The number of likely N-dealkylation sites (tertiary alicyclic amines) is 1. The fraction of sp³-hybridized carbons (Fsp3) is 0.250. The SMILES string of the molecule is O=C(Nc1ccc(Br)cc1)C1CCCN1C(=O)c1ccc([N+](=O)[O-])s1. The van der Waals surface area contributed by atoms with Gasteiger partial charge in [-0.15, -0.1) is 0 Å². The van der Waals surface area contributed by atoms with Gasteiger partial charge in [-0.25, -0.2) is 0 Å². The third-order valence-corrected chi connectivity index (χ3v) is 5.46. The summed E-state index contributed by atoms with van der Waals surface area (Å²) in [6.45, 7) is 0.461. The number of anilines is 1. The van der Waals surface area contributed by atoms with Gasteiger partial charge in [0.15, 0.2) is 0 Å². The zero-order valence-corrected chi connectivity index (χ0v) is 15.4. The largest absolute Gasteiger partial charge is 0.326 e. The average molecular weight is 424 g/mol. The normalized spacial score (nSPS) is 16.7. The summed E-state index contributed by atoms with van der Waals surface area (Å²) >= 11 is 4.16. The van der Waals surface area contributed by atoms with E-state index in [1.165, 1.54) is 17.0 Å². The maximum Gasteiger partial charge on any atom is 0.324 e. The number of halogens is 1. The summed E-state index contributed by atoms with van der Waals surface area (Å²) in [4.78, 5) is 37.2. The van der Waals surface area contributed by atoms with Gasteiger partial charge in [-0.05, 0) is 43.2 Å². The van der Waals surface area contributed by atoms with Crippen molar-refractivity contribution in [2.75, 3.05) is 11.9 Å². The first-order chi connectivity index (χ1) is 12.0. The standard InChI is InChI=1S/C16H14BrN3O4S/c17-10-3-5-11(6-4-10)18-15(21)12-2-1-9-19(12)16(22)13-7-8-14(25-13)20(23)24/h3-8,12H,1-2,9H2,(H,18,21). The quantitative estimate of drug-likeness (QED) is 0.599. The molecular formula is C16H14BrN3O4S. The fourth-order valence-corrected chi connectivity index (χ4v) is 3.76. The minimum Gasteiger partial charge on any atom is -0.326 e. The number of nitrogens with zero attached hydrogens (tertiary/aromatic N) is 2. The Kier molecular flexibility index (Phi) is 5.14. The Balaban J connectivity index is 1.72. The van der Waals surface area contributed by atoms with Crippen molar-refractivity contribution in [3.63, 3.8) is 0 Å². The lowest BCUT2D eigenvalue weighted by Crippen LogP contribution is -2.42. The molecule has 1 saturated heterocycles. The molecule has 1 aromatic heterocycles. The molecular weight excluding hydrogens is 410 g/mol. The third-order valence-electron chi connectivity index (χ3n) is 3.91. The number of nitrogens with one attached hydrogen (secondary N) is 1. The number of carbonyl (C=O) groups excluding carboxylic acids is 2. The lowest BCUT2D eigenvalue weighted by molar-refractivity contribution is -0.380. The maximum atomic E-state index is 12.6. The molecule has 1 fully saturated rings. The van der Waals surface area contributed by atoms with Gasteiger partial charge in [-0.2, -0.15) is 0 Å².